The third-order valence-electron chi connectivity index (χ3n) is 5.11. The summed E-state index contributed by atoms with van der Waals surface area (Å²) in [6, 6.07) is 8.12. The van der Waals surface area contributed by atoms with Crippen LogP contribution in [0.5, 0.6) is 5.75 Å². The number of nitrogens with one attached hydrogen (secondary N) is 1. The Morgan fingerprint density at radius 2 is 1.63 bits per heavy atom. The summed E-state index contributed by atoms with van der Waals surface area (Å²) in [5.74, 6) is 1.83. The fourth-order valence-electron chi connectivity index (χ4n) is 3.31. The highest BCUT2D eigenvalue weighted by atomic mass is 16.5. The zero-order chi connectivity index (χ0) is 22.8. The highest BCUT2D eigenvalue weighted by Crippen LogP contribution is 2.26. The first-order valence-corrected chi connectivity index (χ1v) is 11.2. The lowest BCUT2D eigenvalue weighted by Crippen LogP contribution is -2.45. The Bertz CT molecular complexity index is 681. The molecule has 0 spiro atoms. The summed E-state index contributed by atoms with van der Waals surface area (Å²) < 4.78 is 11.0. The maximum absolute atomic E-state index is 10.3. The summed E-state index contributed by atoms with van der Waals surface area (Å²) in [4.78, 5) is 0. The normalized spacial score (nSPS) is 15.4. The van der Waals surface area contributed by atoms with E-state index in [1.54, 1.807) is 7.11 Å². The Hall–Kier alpha value is -1.78. The first kappa shape index (κ1) is 26.3. The fourth-order valence-corrected chi connectivity index (χ4v) is 3.31. The van der Waals surface area contributed by atoms with Gasteiger partial charge >= 0.3 is 0 Å². The van der Waals surface area contributed by atoms with Gasteiger partial charge in [-0.25, -0.2) is 0 Å². The van der Waals surface area contributed by atoms with Crippen LogP contribution >= 0.6 is 0 Å². The lowest BCUT2D eigenvalue weighted by molar-refractivity contribution is 0.0987. The van der Waals surface area contributed by atoms with Crippen molar-refractivity contribution in [3.8, 4) is 5.75 Å². The molecule has 2 N–H and O–H groups in total. The van der Waals surface area contributed by atoms with E-state index in [9.17, 15) is 5.11 Å². The molecule has 0 aliphatic heterocycles. The third kappa shape index (κ3) is 9.36. The SMILES string of the molecule is CC.COC1=CC=C(CC(C)(C)NCC(O)COc2ccc(C(C)(C)C)cc2)CC1. The predicted molar refractivity (Wildman–Crippen MR) is 127 cm³/mol. The average molecular weight is 418 g/mol. The number of β-amino-alcohol motifs (C(OH)–C–C–N with tert-alkyl or cyclic N) is 1. The molecule has 0 heterocycles. The maximum Gasteiger partial charge on any atom is 0.119 e. The maximum atomic E-state index is 10.3. The van der Waals surface area contributed by atoms with Crippen LogP contribution in [-0.4, -0.2) is 37.0 Å². The van der Waals surface area contributed by atoms with Crippen LogP contribution < -0.4 is 10.1 Å². The van der Waals surface area contributed by atoms with Gasteiger partial charge in [0.15, 0.2) is 0 Å². The summed E-state index contributed by atoms with van der Waals surface area (Å²) >= 11 is 0. The lowest BCUT2D eigenvalue weighted by Gasteiger charge is -2.30. The zero-order valence-electron chi connectivity index (χ0n) is 20.3. The quantitative estimate of drug-likeness (QED) is 0.536. The predicted octanol–water partition coefficient (Wildman–Crippen LogP) is 5.76. The van der Waals surface area contributed by atoms with Gasteiger partial charge in [0.05, 0.1) is 12.9 Å². The fraction of sp³-hybridized carbons (Fsp3) is 0.615. The van der Waals surface area contributed by atoms with E-state index in [2.05, 4.69) is 64.2 Å². The number of aliphatic hydroxyl groups is 1. The lowest BCUT2D eigenvalue weighted by atomic mass is 9.87. The van der Waals surface area contributed by atoms with Gasteiger partial charge in [-0.15, -0.1) is 0 Å². The largest absolute Gasteiger partial charge is 0.501 e. The molecule has 0 bridgehead atoms. The molecule has 0 radical (unpaired) electrons. The van der Waals surface area contributed by atoms with Crippen molar-refractivity contribution in [3.63, 3.8) is 0 Å². The first-order chi connectivity index (χ1) is 14.1. The minimum absolute atomic E-state index is 0.0837. The van der Waals surface area contributed by atoms with Crippen molar-refractivity contribution in [1.29, 1.82) is 0 Å². The van der Waals surface area contributed by atoms with Crippen molar-refractivity contribution in [3.05, 3.63) is 53.3 Å². The van der Waals surface area contributed by atoms with Crippen molar-refractivity contribution >= 4 is 0 Å². The molecule has 0 fully saturated rings. The molecule has 4 heteroatoms. The Morgan fingerprint density at radius 3 is 2.13 bits per heavy atom. The monoisotopic (exact) mass is 417 g/mol. The van der Waals surface area contributed by atoms with Crippen molar-refractivity contribution < 1.29 is 14.6 Å². The van der Waals surface area contributed by atoms with Gasteiger partial charge in [0.25, 0.3) is 0 Å². The third-order valence-corrected chi connectivity index (χ3v) is 5.11. The number of methoxy groups -OCH3 is 1. The molecule has 0 saturated carbocycles. The van der Waals surface area contributed by atoms with E-state index in [4.69, 9.17) is 9.47 Å². The molecule has 170 valence electrons. The van der Waals surface area contributed by atoms with E-state index in [-0.39, 0.29) is 17.6 Å². The number of aliphatic hydroxyl groups excluding tert-OH is 1. The second-order valence-corrected chi connectivity index (χ2v) is 9.34. The van der Waals surface area contributed by atoms with Crippen molar-refractivity contribution in [2.24, 2.45) is 0 Å². The van der Waals surface area contributed by atoms with Crippen LogP contribution in [0.3, 0.4) is 0 Å². The van der Waals surface area contributed by atoms with Crippen molar-refractivity contribution in [2.45, 2.75) is 84.8 Å². The van der Waals surface area contributed by atoms with E-state index in [0.717, 1.165) is 30.8 Å². The van der Waals surface area contributed by atoms with Gasteiger partial charge in [0.2, 0.25) is 0 Å². The Balaban J connectivity index is 0.00000218. The molecule has 0 amide bonds. The molecular weight excluding hydrogens is 374 g/mol. The second kappa shape index (κ2) is 12.2. The van der Waals surface area contributed by atoms with Crippen LogP contribution in [0.1, 0.15) is 73.3 Å². The smallest absolute Gasteiger partial charge is 0.119 e. The minimum Gasteiger partial charge on any atom is -0.501 e. The molecule has 30 heavy (non-hydrogen) atoms. The van der Waals surface area contributed by atoms with Gasteiger partial charge in [-0.05, 0) is 55.9 Å². The average Bonchev–Trinajstić information content (AvgIpc) is 2.72. The number of rotatable bonds is 9. The van der Waals surface area contributed by atoms with Crippen LogP contribution in [0.4, 0.5) is 0 Å². The van der Waals surface area contributed by atoms with Crippen molar-refractivity contribution in [1.82, 2.24) is 5.32 Å². The second-order valence-electron chi connectivity index (χ2n) is 9.34. The molecule has 2 rings (SSSR count). The highest BCUT2D eigenvalue weighted by molar-refractivity contribution is 5.31. The zero-order valence-corrected chi connectivity index (χ0v) is 20.3. The van der Waals surface area contributed by atoms with Gasteiger partial charge in [0.1, 0.15) is 18.5 Å². The van der Waals surface area contributed by atoms with Gasteiger partial charge in [-0.2, -0.15) is 0 Å². The molecule has 1 aliphatic rings. The standard InChI is InChI=1S/C24H37NO3.C2H6/c1-23(2,3)19-9-13-22(14-10-19)28-17-20(26)16-25-24(4,5)15-18-7-11-21(27-6)12-8-18;1-2/h7,9-11,13-14,20,25-26H,8,12,15-17H2,1-6H3;1-2H3. The van der Waals surface area contributed by atoms with E-state index in [0.29, 0.717) is 6.54 Å². The Morgan fingerprint density at radius 1 is 1.00 bits per heavy atom. The van der Waals surface area contributed by atoms with Crippen LogP contribution in [0.25, 0.3) is 0 Å². The topological polar surface area (TPSA) is 50.7 Å². The minimum atomic E-state index is -0.554. The number of hydrogen-bond acceptors (Lipinski definition) is 4. The number of ether oxygens (including phenoxy) is 2. The molecular formula is C26H43NO3. The van der Waals surface area contributed by atoms with Gasteiger partial charge in [0, 0.05) is 18.5 Å². The highest BCUT2D eigenvalue weighted by Gasteiger charge is 2.21. The number of allylic oxidation sites excluding steroid dienone is 3. The molecule has 4 nitrogen and oxygen atoms in total. The Labute approximate surface area is 184 Å². The summed E-state index contributed by atoms with van der Waals surface area (Å²) in [7, 11) is 1.72. The molecule has 0 saturated heterocycles. The number of benzene rings is 1. The van der Waals surface area contributed by atoms with E-state index in [1.165, 1.54) is 11.1 Å². The first-order valence-electron chi connectivity index (χ1n) is 11.2. The van der Waals surface area contributed by atoms with Crippen molar-refractivity contribution in [2.75, 3.05) is 20.3 Å². The van der Waals surface area contributed by atoms with E-state index >= 15 is 0 Å². The van der Waals surface area contributed by atoms with Gasteiger partial charge in [-0.1, -0.05) is 58.4 Å². The Kier molecular flexibility index (Phi) is 10.6. The van der Waals surface area contributed by atoms with E-state index < -0.39 is 6.10 Å². The summed E-state index contributed by atoms with van der Waals surface area (Å²) in [5, 5.41) is 13.8. The molecule has 1 aromatic carbocycles. The van der Waals surface area contributed by atoms with Crippen LogP contribution in [-0.2, 0) is 10.2 Å². The van der Waals surface area contributed by atoms with E-state index in [1.807, 2.05) is 26.0 Å². The molecule has 1 unspecified atom stereocenters. The van der Waals surface area contributed by atoms with Gasteiger partial charge in [-0.3, -0.25) is 0 Å². The number of hydrogen-bond donors (Lipinski definition) is 2. The molecule has 1 aliphatic carbocycles. The summed E-state index contributed by atoms with van der Waals surface area (Å²) in [6.45, 7) is 15.7. The van der Waals surface area contributed by atoms with Crippen LogP contribution in [0.15, 0.2) is 47.7 Å². The molecule has 0 aromatic heterocycles. The van der Waals surface area contributed by atoms with Crippen LogP contribution in [0.2, 0.25) is 0 Å². The van der Waals surface area contributed by atoms with Gasteiger partial charge < -0.3 is 19.9 Å². The molecule has 1 aromatic rings. The summed E-state index contributed by atoms with van der Waals surface area (Å²) in [6.07, 6.45) is 6.60. The van der Waals surface area contributed by atoms with Crippen LogP contribution in [0, 0.1) is 0 Å². The summed E-state index contributed by atoms with van der Waals surface area (Å²) in [5.41, 5.74) is 2.72. The molecule has 1 atom stereocenters.